The number of hydrogen-bond donors (Lipinski definition) is 1. The van der Waals surface area contributed by atoms with E-state index < -0.39 is 5.97 Å². The molecule has 0 bridgehead atoms. The molecule has 0 aliphatic carbocycles. The van der Waals surface area contributed by atoms with Crippen molar-refractivity contribution in [1.29, 1.82) is 0 Å². The Bertz CT molecular complexity index is 564. The first-order valence-electron chi connectivity index (χ1n) is 5.68. The molecule has 0 saturated carbocycles. The fraction of sp³-hybridized carbons (Fsp3) is 0.143. The topological polar surface area (TPSA) is 59.4 Å². The Kier molecular flexibility index (Phi) is 2.48. The van der Waals surface area contributed by atoms with Gasteiger partial charge >= 0.3 is 5.97 Å². The van der Waals surface area contributed by atoms with Crippen molar-refractivity contribution < 1.29 is 14.6 Å². The Hall–Kier alpha value is -2.36. The lowest BCUT2D eigenvalue weighted by Gasteiger charge is -2.26. The molecule has 1 atom stereocenters. The van der Waals surface area contributed by atoms with Crippen molar-refractivity contribution in [2.45, 2.75) is 12.3 Å². The van der Waals surface area contributed by atoms with Gasteiger partial charge in [0.05, 0.1) is 6.42 Å². The van der Waals surface area contributed by atoms with Gasteiger partial charge in [0.15, 0.2) is 0 Å². The van der Waals surface area contributed by atoms with Crippen LogP contribution in [0.5, 0.6) is 11.5 Å². The molecule has 18 heavy (non-hydrogen) atoms. The molecule has 90 valence electrons. The second-order valence-electron chi connectivity index (χ2n) is 4.20. The van der Waals surface area contributed by atoms with E-state index in [0.29, 0.717) is 5.75 Å². The van der Waals surface area contributed by atoms with E-state index in [9.17, 15) is 4.79 Å². The second-order valence-corrected chi connectivity index (χ2v) is 4.20. The molecule has 1 aromatic heterocycles. The SMILES string of the molecule is O=C(O)CC1c2ccccc2Oc2ccncc21. The summed E-state index contributed by atoms with van der Waals surface area (Å²) in [6.45, 7) is 0. The molecular weight excluding hydrogens is 230 g/mol. The molecule has 4 heteroatoms. The molecule has 1 aromatic carbocycles. The van der Waals surface area contributed by atoms with Crippen molar-refractivity contribution in [3.63, 3.8) is 0 Å². The minimum absolute atomic E-state index is 0.0407. The van der Waals surface area contributed by atoms with Gasteiger partial charge in [-0.05, 0) is 12.1 Å². The number of fused-ring (bicyclic) bond motifs is 2. The molecule has 1 unspecified atom stereocenters. The van der Waals surface area contributed by atoms with Crippen molar-refractivity contribution in [2.24, 2.45) is 0 Å². The van der Waals surface area contributed by atoms with Crippen LogP contribution in [0.4, 0.5) is 0 Å². The van der Waals surface area contributed by atoms with E-state index in [1.54, 1.807) is 18.5 Å². The zero-order valence-electron chi connectivity index (χ0n) is 9.54. The largest absolute Gasteiger partial charge is 0.481 e. The maximum absolute atomic E-state index is 11.0. The number of pyridine rings is 1. The van der Waals surface area contributed by atoms with Crippen LogP contribution in [0.2, 0.25) is 0 Å². The van der Waals surface area contributed by atoms with Gasteiger partial charge in [0.2, 0.25) is 0 Å². The monoisotopic (exact) mass is 241 g/mol. The van der Waals surface area contributed by atoms with E-state index in [4.69, 9.17) is 9.84 Å². The molecule has 0 amide bonds. The fourth-order valence-corrected chi connectivity index (χ4v) is 2.29. The van der Waals surface area contributed by atoms with Crippen LogP contribution in [0.25, 0.3) is 0 Å². The fourth-order valence-electron chi connectivity index (χ4n) is 2.29. The number of hydrogen-bond acceptors (Lipinski definition) is 3. The number of ether oxygens (including phenoxy) is 1. The summed E-state index contributed by atoms with van der Waals surface area (Å²) < 4.78 is 5.76. The molecule has 3 rings (SSSR count). The van der Waals surface area contributed by atoms with Gasteiger partial charge in [-0.1, -0.05) is 18.2 Å². The van der Waals surface area contributed by atoms with Gasteiger partial charge in [-0.15, -0.1) is 0 Å². The summed E-state index contributed by atoms with van der Waals surface area (Å²) in [6.07, 6.45) is 3.36. The Balaban J connectivity index is 2.14. The van der Waals surface area contributed by atoms with E-state index in [1.165, 1.54) is 0 Å². The number of aromatic nitrogens is 1. The average Bonchev–Trinajstić information content (AvgIpc) is 2.38. The van der Waals surface area contributed by atoms with Crippen LogP contribution in [-0.2, 0) is 4.79 Å². The van der Waals surface area contributed by atoms with Gasteiger partial charge in [-0.2, -0.15) is 0 Å². The first kappa shape index (κ1) is 10.8. The number of rotatable bonds is 2. The summed E-state index contributed by atoms with van der Waals surface area (Å²) in [5, 5.41) is 9.06. The van der Waals surface area contributed by atoms with E-state index in [2.05, 4.69) is 4.98 Å². The van der Waals surface area contributed by atoms with E-state index in [-0.39, 0.29) is 12.3 Å². The van der Waals surface area contributed by atoms with Gasteiger partial charge in [0, 0.05) is 29.4 Å². The van der Waals surface area contributed by atoms with Crippen LogP contribution in [0.3, 0.4) is 0 Å². The van der Waals surface area contributed by atoms with E-state index in [0.717, 1.165) is 16.9 Å². The van der Waals surface area contributed by atoms with Crippen molar-refractivity contribution in [3.05, 3.63) is 53.9 Å². The smallest absolute Gasteiger partial charge is 0.304 e. The highest BCUT2D eigenvalue weighted by atomic mass is 16.5. The number of aliphatic carboxylic acids is 1. The standard InChI is InChI=1S/C14H11NO3/c16-14(17)7-10-9-3-1-2-4-12(9)18-13-5-6-15-8-11(10)13/h1-6,8,10H,7H2,(H,16,17). The van der Waals surface area contributed by atoms with Gasteiger partial charge in [-0.25, -0.2) is 0 Å². The Morgan fingerprint density at radius 2 is 2.00 bits per heavy atom. The van der Waals surface area contributed by atoms with Crippen molar-refractivity contribution >= 4 is 5.97 Å². The van der Waals surface area contributed by atoms with E-state index in [1.807, 2.05) is 24.3 Å². The first-order valence-corrected chi connectivity index (χ1v) is 5.68. The van der Waals surface area contributed by atoms with E-state index >= 15 is 0 Å². The summed E-state index contributed by atoms with van der Waals surface area (Å²) in [7, 11) is 0. The zero-order valence-corrected chi connectivity index (χ0v) is 9.54. The maximum Gasteiger partial charge on any atom is 0.304 e. The molecule has 0 fully saturated rings. The summed E-state index contributed by atoms with van der Waals surface area (Å²) >= 11 is 0. The van der Waals surface area contributed by atoms with Crippen LogP contribution >= 0.6 is 0 Å². The van der Waals surface area contributed by atoms with Crippen molar-refractivity contribution in [3.8, 4) is 11.5 Å². The summed E-state index contributed by atoms with van der Waals surface area (Å²) in [5.74, 6) is 0.389. The van der Waals surface area contributed by atoms with Crippen molar-refractivity contribution in [2.75, 3.05) is 0 Å². The predicted octanol–water partition coefficient (Wildman–Crippen LogP) is 2.79. The summed E-state index contributed by atoms with van der Waals surface area (Å²) in [5.41, 5.74) is 1.74. The quantitative estimate of drug-likeness (QED) is 0.878. The molecule has 0 saturated heterocycles. The highest BCUT2D eigenvalue weighted by Gasteiger charge is 2.28. The summed E-state index contributed by atoms with van der Waals surface area (Å²) in [4.78, 5) is 15.1. The van der Waals surface area contributed by atoms with Gasteiger partial charge in [-0.3, -0.25) is 9.78 Å². The van der Waals surface area contributed by atoms with Gasteiger partial charge < -0.3 is 9.84 Å². The molecule has 0 spiro atoms. The predicted molar refractivity (Wildman–Crippen MR) is 64.8 cm³/mol. The third-order valence-electron chi connectivity index (χ3n) is 3.08. The first-order chi connectivity index (χ1) is 8.75. The van der Waals surface area contributed by atoms with Crippen LogP contribution in [0.1, 0.15) is 23.5 Å². The molecule has 0 radical (unpaired) electrons. The number of carboxylic acid groups (broad SMARTS) is 1. The molecule has 4 nitrogen and oxygen atoms in total. The lowest BCUT2D eigenvalue weighted by atomic mass is 9.86. The lowest BCUT2D eigenvalue weighted by Crippen LogP contribution is -2.14. The number of carboxylic acids is 1. The molecule has 1 aliphatic rings. The molecule has 2 aromatic rings. The number of carbonyl (C=O) groups is 1. The van der Waals surface area contributed by atoms with Crippen LogP contribution in [-0.4, -0.2) is 16.1 Å². The normalized spacial score (nSPS) is 16.3. The Morgan fingerprint density at radius 3 is 2.83 bits per heavy atom. The third kappa shape index (κ3) is 1.72. The van der Waals surface area contributed by atoms with Gasteiger partial charge in [0.25, 0.3) is 0 Å². The second kappa shape index (κ2) is 4.14. The van der Waals surface area contributed by atoms with Crippen LogP contribution < -0.4 is 4.74 Å². The molecule has 1 N–H and O–H groups in total. The van der Waals surface area contributed by atoms with Crippen LogP contribution in [0.15, 0.2) is 42.7 Å². The molecule has 1 aliphatic heterocycles. The molecular formula is C14H11NO3. The molecule has 2 heterocycles. The number of para-hydroxylation sites is 1. The highest BCUT2D eigenvalue weighted by molar-refractivity contribution is 5.70. The Labute approximate surface area is 104 Å². The average molecular weight is 241 g/mol. The minimum Gasteiger partial charge on any atom is -0.481 e. The zero-order chi connectivity index (χ0) is 12.5. The minimum atomic E-state index is -0.827. The highest BCUT2D eigenvalue weighted by Crippen LogP contribution is 2.44. The number of benzene rings is 1. The van der Waals surface area contributed by atoms with Crippen molar-refractivity contribution in [1.82, 2.24) is 4.98 Å². The third-order valence-corrected chi connectivity index (χ3v) is 3.08. The van der Waals surface area contributed by atoms with Gasteiger partial charge in [0.1, 0.15) is 11.5 Å². The maximum atomic E-state index is 11.0. The lowest BCUT2D eigenvalue weighted by molar-refractivity contribution is -0.137. The number of nitrogens with zero attached hydrogens (tertiary/aromatic N) is 1. The van der Waals surface area contributed by atoms with Crippen LogP contribution in [0, 0.1) is 0 Å². The summed E-state index contributed by atoms with van der Waals surface area (Å²) in [6, 6.07) is 9.29. The Morgan fingerprint density at radius 1 is 1.22 bits per heavy atom.